The second-order valence-corrected chi connectivity index (χ2v) is 7.15. The third-order valence-electron chi connectivity index (χ3n) is 4.76. The highest BCUT2D eigenvalue weighted by Gasteiger charge is 2.35. The molecule has 0 aliphatic carbocycles. The summed E-state index contributed by atoms with van der Waals surface area (Å²) in [6.45, 7) is 0.704. The zero-order valence-corrected chi connectivity index (χ0v) is 17.1. The second-order valence-electron chi connectivity index (χ2n) is 6.74. The highest BCUT2D eigenvalue weighted by molar-refractivity contribution is 6.33. The van der Waals surface area contributed by atoms with E-state index in [9.17, 15) is 18.0 Å². The highest BCUT2D eigenvalue weighted by Crippen LogP contribution is 2.41. The third kappa shape index (κ3) is 4.14. The average Bonchev–Trinajstić information content (AvgIpc) is 2.78. The SMILES string of the molecule is NOc1ccc(NC(=O)c2cccc3c2OCCN3c2ncccc2Cl)cc1C(F)(F)F. The molecule has 32 heavy (non-hydrogen) atoms. The van der Waals surface area contributed by atoms with Crippen molar-refractivity contribution in [2.24, 2.45) is 5.90 Å². The number of nitrogens with one attached hydrogen (secondary N) is 1. The Kier molecular flexibility index (Phi) is 5.81. The average molecular weight is 465 g/mol. The fourth-order valence-electron chi connectivity index (χ4n) is 3.35. The first kappa shape index (κ1) is 21.7. The van der Waals surface area contributed by atoms with Gasteiger partial charge in [-0.1, -0.05) is 17.7 Å². The summed E-state index contributed by atoms with van der Waals surface area (Å²) >= 11 is 6.27. The normalized spacial score (nSPS) is 13.2. The lowest BCUT2D eigenvalue weighted by Gasteiger charge is -2.31. The largest absolute Gasteiger partial charge is 0.489 e. The Hall–Kier alpha value is -3.50. The maximum absolute atomic E-state index is 13.2. The topological polar surface area (TPSA) is 89.7 Å². The van der Waals surface area contributed by atoms with E-state index < -0.39 is 23.4 Å². The molecule has 1 aromatic heterocycles. The number of ether oxygens (including phenoxy) is 1. The van der Waals surface area contributed by atoms with Gasteiger partial charge in [0.1, 0.15) is 12.2 Å². The van der Waals surface area contributed by atoms with Crippen LogP contribution in [0.1, 0.15) is 15.9 Å². The Balaban J connectivity index is 1.67. The summed E-state index contributed by atoms with van der Waals surface area (Å²) in [5.41, 5.74) is -0.486. The fraction of sp³-hybridized carbons (Fsp3) is 0.143. The van der Waals surface area contributed by atoms with E-state index in [1.807, 2.05) is 4.90 Å². The van der Waals surface area contributed by atoms with Crippen LogP contribution in [0.2, 0.25) is 5.02 Å². The number of amides is 1. The van der Waals surface area contributed by atoms with E-state index in [2.05, 4.69) is 15.1 Å². The van der Waals surface area contributed by atoms with Crippen molar-refractivity contribution in [2.75, 3.05) is 23.4 Å². The van der Waals surface area contributed by atoms with Crippen molar-refractivity contribution in [2.45, 2.75) is 6.18 Å². The van der Waals surface area contributed by atoms with Gasteiger partial charge in [-0.15, -0.1) is 0 Å². The molecule has 166 valence electrons. The van der Waals surface area contributed by atoms with E-state index in [1.165, 1.54) is 12.1 Å². The smallest absolute Gasteiger partial charge is 0.420 e. The van der Waals surface area contributed by atoms with Crippen LogP contribution in [0, 0.1) is 0 Å². The number of nitrogens with zero attached hydrogens (tertiary/aromatic N) is 2. The Labute approximate surface area is 185 Å². The number of fused-ring (bicyclic) bond motifs is 1. The van der Waals surface area contributed by atoms with E-state index in [4.69, 9.17) is 22.2 Å². The lowest BCUT2D eigenvalue weighted by atomic mass is 10.1. The predicted octanol–water partition coefficient (Wildman–Crippen LogP) is 4.79. The lowest BCUT2D eigenvalue weighted by molar-refractivity contribution is -0.138. The molecule has 1 amide bonds. The molecule has 0 spiro atoms. The Bertz CT molecular complexity index is 1170. The van der Waals surface area contributed by atoms with Crippen LogP contribution in [0.25, 0.3) is 0 Å². The van der Waals surface area contributed by atoms with Crippen molar-refractivity contribution in [1.82, 2.24) is 4.98 Å². The summed E-state index contributed by atoms with van der Waals surface area (Å²) in [5, 5.41) is 2.89. The molecule has 11 heteroatoms. The van der Waals surface area contributed by atoms with Crippen molar-refractivity contribution in [3.8, 4) is 11.5 Å². The summed E-state index contributed by atoms with van der Waals surface area (Å²) in [6.07, 6.45) is -3.12. The molecule has 2 aromatic carbocycles. The van der Waals surface area contributed by atoms with Gasteiger partial charge in [0.25, 0.3) is 5.91 Å². The van der Waals surface area contributed by atoms with Gasteiger partial charge in [0.2, 0.25) is 0 Å². The first-order valence-corrected chi connectivity index (χ1v) is 9.70. The molecule has 3 N–H and O–H groups in total. The van der Waals surface area contributed by atoms with E-state index in [0.29, 0.717) is 23.1 Å². The molecule has 3 aromatic rings. The maximum Gasteiger partial charge on any atom is 0.420 e. The number of alkyl halides is 3. The molecule has 2 heterocycles. The molecule has 7 nitrogen and oxygen atoms in total. The van der Waals surface area contributed by atoms with E-state index in [0.717, 1.165) is 12.1 Å². The fourth-order valence-corrected chi connectivity index (χ4v) is 3.58. The Morgan fingerprint density at radius 3 is 2.75 bits per heavy atom. The summed E-state index contributed by atoms with van der Waals surface area (Å²) in [6, 6.07) is 11.3. The predicted molar refractivity (Wildman–Crippen MR) is 112 cm³/mol. The number of pyridine rings is 1. The Morgan fingerprint density at radius 1 is 1.22 bits per heavy atom. The molecule has 4 rings (SSSR count). The van der Waals surface area contributed by atoms with Crippen molar-refractivity contribution < 1.29 is 27.5 Å². The number of hydrogen-bond donors (Lipinski definition) is 2. The molecule has 0 radical (unpaired) electrons. The quantitative estimate of drug-likeness (QED) is 0.540. The van der Waals surface area contributed by atoms with Gasteiger partial charge in [-0.2, -0.15) is 19.1 Å². The number of para-hydroxylation sites is 1. The van der Waals surface area contributed by atoms with E-state index in [-0.39, 0.29) is 23.6 Å². The molecular weight excluding hydrogens is 449 g/mol. The van der Waals surface area contributed by atoms with Crippen molar-refractivity contribution >= 4 is 34.7 Å². The van der Waals surface area contributed by atoms with Gasteiger partial charge in [0.15, 0.2) is 17.3 Å². The molecule has 0 unspecified atom stereocenters. The van der Waals surface area contributed by atoms with Crippen LogP contribution >= 0.6 is 11.6 Å². The minimum Gasteiger partial charge on any atom is -0.489 e. The minimum atomic E-state index is -4.72. The van der Waals surface area contributed by atoms with Crippen LogP contribution in [-0.4, -0.2) is 24.0 Å². The zero-order chi connectivity index (χ0) is 22.9. The van der Waals surface area contributed by atoms with Crippen molar-refractivity contribution in [3.05, 3.63) is 70.9 Å². The van der Waals surface area contributed by atoms with Crippen LogP contribution < -0.4 is 25.7 Å². The number of benzene rings is 2. The minimum absolute atomic E-state index is 0.0823. The third-order valence-corrected chi connectivity index (χ3v) is 5.05. The summed E-state index contributed by atoms with van der Waals surface area (Å²) in [4.78, 5) is 23.3. The summed E-state index contributed by atoms with van der Waals surface area (Å²) in [5.74, 6) is 4.49. The van der Waals surface area contributed by atoms with E-state index in [1.54, 1.807) is 30.5 Å². The molecule has 0 saturated carbocycles. The zero-order valence-electron chi connectivity index (χ0n) is 16.3. The molecule has 0 atom stereocenters. The van der Waals surface area contributed by atoms with Gasteiger partial charge in [0.05, 0.1) is 22.8 Å². The van der Waals surface area contributed by atoms with Gasteiger partial charge >= 0.3 is 6.18 Å². The highest BCUT2D eigenvalue weighted by atomic mass is 35.5. The molecule has 1 aliphatic rings. The van der Waals surface area contributed by atoms with Crippen LogP contribution in [0.5, 0.6) is 11.5 Å². The second kappa shape index (κ2) is 8.56. The first-order valence-electron chi connectivity index (χ1n) is 9.33. The van der Waals surface area contributed by atoms with E-state index >= 15 is 0 Å². The van der Waals surface area contributed by atoms with Gasteiger partial charge in [0, 0.05) is 11.9 Å². The van der Waals surface area contributed by atoms with Gasteiger partial charge in [-0.05, 0) is 42.5 Å². The number of nitrogens with two attached hydrogens (primary N) is 1. The molecule has 0 bridgehead atoms. The lowest BCUT2D eigenvalue weighted by Crippen LogP contribution is -2.30. The van der Waals surface area contributed by atoms with Crippen molar-refractivity contribution in [1.29, 1.82) is 0 Å². The number of carbonyl (C=O) groups excluding carboxylic acids is 1. The summed E-state index contributed by atoms with van der Waals surface area (Å²) < 4.78 is 45.5. The molecule has 0 saturated heterocycles. The number of rotatable bonds is 4. The van der Waals surface area contributed by atoms with Crippen LogP contribution in [-0.2, 0) is 6.18 Å². The van der Waals surface area contributed by atoms with Gasteiger partial charge in [-0.25, -0.2) is 4.98 Å². The number of hydrogen-bond acceptors (Lipinski definition) is 6. The summed E-state index contributed by atoms with van der Waals surface area (Å²) in [7, 11) is 0. The van der Waals surface area contributed by atoms with Gasteiger partial charge in [-0.3, -0.25) is 4.79 Å². The van der Waals surface area contributed by atoms with Crippen LogP contribution in [0.4, 0.5) is 30.4 Å². The Morgan fingerprint density at radius 2 is 2.03 bits per heavy atom. The molecular formula is C21H16ClF3N4O3. The van der Waals surface area contributed by atoms with Gasteiger partial charge < -0.3 is 19.8 Å². The van der Waals surface area contributed by atoms with Crippen molar-refractivity contribution in [3.63, 3.8) is 0 Å². The van der Waals surface area contributed by atoms with Crippen LogP contribution in [0.15, 0.2) is 54.7 Å². The maximum atomic E-state index is 13.2. The monoisotopic (exact) mass is 464 g/mol. The number of carbonyl (C=O) groups is 1. The number of aromatic nitrogens is 1. The van der Waals surface area contributed by atoms with Crippen LogP contribution in [0.3, 0.4) is 0 Å². The first-order chi connectivity index (χ1) is 15.3. The number of anilines is 3. The molecule has 0 fully saturated rings. The standard InChI is InChI=1S/C21H16ClF3N4O3/c22-15-4-2-8-27-19(15)29-9-10-31-18-13(3-1-5-16(18)29)20(30)28-12-6-7-17(32-26)14(11-12)21(23,24)25/h1-8,11H,9-10,26H2,(H,28,30). The molecule has 1 aliphatic heterocycles. The number of halogens is 4.